The van der Waals surface area contributed by atoms with Gasteiger partial charge in [0.1, 0.15) is 25.2 Å². The van der Waals surface area contributed by atoms with Gasteiger partial charge in [0, 0.05) is 18.8 Å². The maximum absolute atomic E-state index is 10.2. The molecule has 1 fully saturated rings. The molecule has 102 valence electrons. The van der Waals surface area contributed by atoms with Crippen molar-refractivity contribution >= 4 is 5.97 Å². The van der Waals surface area contributed by atoms with Crippen LogP contribution in [0.25, 0.3) is 0 Å². The normalized spacial score (nSPS) is 29.4. The Morgan fingerprint density at radius 1 is 1.53 bits per heavy atom. The first kappa shape index (κ1) is 16.4. The molecule has 0 amide bonds. The second-order valence-electron chi connectivity index (χ2n) is 4.65. The molecule has 1 aliphatic rings. The lowest BCUT2D eigenvalue weighted by Crippen LogP contribution is -2.52. The Morgan fingerprint density at radius 3 is 2.47 bits per heavy atom. The van der Waals surface area contributed by atoms with E-state index in [1.165, 1.54) is 0 Å². The van der Waals surface area contributed by atoms with Gasteiger partial charge in [-0.25, -0.2) is 5.21 Å². The van der Waals surface area contributed by atoms with E-state index in [0.717, 1.165) is 39.2 Å². The SMILES string of the molecule is CC(=O)[O-].CCC(O)C[N+]1(O)CCCC1CC. The summed E-state index contributed by atoms with van der Waals surface area (Å²) in [7, 11) is 0. The van der Waals surface area contributed by atoms with E-state index in [1.54, 1.807) is 0 Å². The maximum Gasteiger partial charge on any atom is 0.135 e. The number of carbonyl (C=O) groups excluding carboxylic acids is 1. The summed E-state index contributed by atoms with van der Waals surface area (Å²) >= 11 is 0. The van der Waals surface area contributed by atoms with Crippen LogP contribution in [-0.4, -0.2) is 46.2 Å². The van der Waals surface area contributed by atoms with Crippen LogP contribution in [0.4, 0.5) is 0 Å². The summed E-state index contributed by atoms with van der Waals surface area (Å²) in [6, 6.07) is 0.348. The molecule has 1 saturated heterocycles. The topological polar surface area (TPSA) is 80.6 Å². The summed E-state index contributed by atoms with van der Waals surface area (Å²) in [6.45, 7) is 6.36. The van der Waals surface area contributed by atoms with Gasteiger partial charge in [-0.3, -0.25) is 0 Å². The molecule has 5 nitrogen and oxygen atoms in total. The first-order valence-electron chi connectivity index (χ1n) is 6.30. The number of carboxylic acids is 1. The van der Waals surface area contributed by atoms with E-state index in [0.29, 0.717) is 12.6 Å². The number of aliphatic carboxylic acids is 1. The lowest BCUT2D eigenvalue weighted by Gasteiger charge is -2.32. The fourth-order valence-electron chi connectivity index (χ4n) is 2.30. The monoisotopic (exact) mass is 247 g/mol. The summed E-state index contributed by atoms with van der Waals surface area (Å²) in [5.74, 6) is -1.08. The average molecular weight is 247 g/mol. The van der Waals surface area contributed by atoms with E-state index >= 15 is 0 Å². The van der Waals surface area contributed by atoms with Gasteiger partial charge in [-0.2, -0.15) is 4.65 Å². The standard InChI is InChI=1S/C10H22NO2.C2H4O2/c1-3-9-6-5-7-11(9,13)8-10(12)4-2;1-2(3)4/h9-10,12-13H,3-8H2,1-2H3;1H3,(H,3,4)/q+1;/p-1. The van der Waals surface area contributed by atoms with Crippen molar-refractivity contribution in [3.63, 3.8) is 0 Å². The molecule has 3 unspecified atom stereocenters. The van der Waals surface area contributed by atoms with Crippen molar-refractivity contribution < 1.29 is 24.9 Å². The summed E-state index contributed by atoms with van der Waals surface area (Å²) in [6.07, 6.45) is 3.58. The fraction of sp³-hybridized carbons (Fsp3) is 0.917. The van der Waals surface area contributed by atoms with E-state index in [1.807, 2.05) is 6.92 Å². The summed E-state index contributed by atoms with van der Waals surface area (Å²) in [5.41, 5.74) is 0. The van der Waals surface area contributed by atoms with Crippen molar-refractivity contribution in [2.75, 3.05) is 13.1 Å². The third-order valence-electron chi connectivity index (χ3n) is 3.23. The van der Waals surface area contributed by atoms with Gasteiger partial charge in [-0.05, 0) is 19.8 Å². The van der Waals surface area contributed by atoms with E-state index in [4.69, 9.17) is 9.90 Å². The van der Waals surface area contributed by atoms with Crippen molar-refractivity contribution in [2.24, 2.45) is 0 Å². The largest absolute Gasteiger partial charge is 0.550 e. The summed E-state index contributed by atoms with van der Waals surface area (Å²) in [5, 5.41) is 28.6. The number of carbonyl (C=O) groups is 1. The van der Waals surface area contributed by atoms with Gasteiger partial charge in [0.15, 0.2) is 0 Å². The highest BCUT2D eigenvalue weighted by molar-refractivity contribution is 5.60. The smallest absolute Gasteiger partial charge is 0.135 e. The number of carboxylic acid groups (broad SMARTS) is 1. The molecular formula is C12H25NO4. The Morgan fingerprint density at radius 2 is 2.06 bits per heavy atom. The maximum atomic E-state index is 10.2. The Bertz CT molecular complexity index is 231. The minimum Gasteiger partial charge on any atom is -0.550 e. The molecule has 1 aliphatic heterocycles. The zero-order chi connectivity index (χ0) is 13.5. The van der Waals surface area contributed by atoms with Gasteiger partial charge in [-0.15, -0.1) is 0 Å². The number of hydrogen-bond acceptors (Lipinski definition) is 4. The molecule has 1 heterocycles. The number of likely N-dealkylation sites (tertiary alicyclic amines) is 1. The zero-order valence-corrected chi connectivity index (χ0v) is 11.1. The molecular weight excluding hydrogens is 222 g/mol. The molecule has 5 heteroatoms. The Kier molecular flexibility index (Phi) is 7.34. The van der Waals surface area contributed by atoms with Crippen LogP contribution in [0.1, 0.15) is 46.5 Å². The van der Waals surface area contributed by atoms with Crippen LogP contribution in [-0.2, 0) is 4.79 Å². The predicted molar refractivity (Wildman–Crippen MR) is 62.1 cm³/mol. The number of hydrogen-bond donors (Lipinski definition) is 2. The molecule has 0 aliphatic carbocycles. The Balaban J connectivity index is 0.000000557. The van der Waals surface area contributed by atoms with Crippen molar-refractivity contribution in [1.82, 2.24) is 0 Å². The Labute approximate surface area is 103 Å². The third-order valence-corrected chi connectivity index (χ3v) is 3.23. The first-order chi connectivity index (χ1) is 7.85. The molecule has 0 bridgehead atoms. The number of nitrogens with zero attached hydrogens (tertiary/aromatic N) is 1. The average Bonchev–Trinajstić information content (AvgIpc) is 2.58. The number of quaternary nitrogens is 1. The molecule has 0 spiro atoms. The summed E-state index contributed by atoms with van der Waals surface area (Å²) < 4.78 is 0.103. The number of aliphatic hydroxyl groups is 1. The molecule has 0 aromatic rings. The summed E-state index contributed by atoms with van der Waals surface area (Å²) in [4.78, 5) is 8.89. The van der Waals surface area contributed by atoms with E-state index < -0.39 is 5.97 Å². The van der Waals surface area contributed by atoms with Gasteiger partial charge in [0.2, 0.25) is 0 Å². The fourth-order valence-corrected chi connectivity index (χ4v) is 2.30. The van der Waals surface area contributed by atoms with Crippen molar-refractivity contribution in [3.05, 3.63) is 0 Å². The second kappa shape index (κ2) is 7.63. The second-order valence-corrected chi connectivity index (χ2v) is 4.65. The number of aliphatic hydroxyl groups excluding tert-OH is 1. The van der Waals surface area contributed by atoms with Gasteiger partial charge in [-0.1, -0.05) is 13.8 Å². The molecule has 0 radical (unpaired) electrons. The van der Waals surface area contributed by atoms with Gasteiger partial charge in [0.05, 0.1) is 0 Å². The van der Waals surface area contributed by atoms with Gasteiger partial charge in [0.25, 0.3) is 0 Å². The number of rotatable bonds is 4. The zero-order valence-electron chi connectivity index (χ0n) is 11.1. The van der Waals surface area contributed by atoms with Crippen molar-refractivity contribution in [2.45, 2.75) is 58.6 Å². The van der Waals surface area contributed by atoms with Crippen LogP contribution >= 0.6 is 0 Å². The van der Waals surface area contributed by atoms with E-state index in [-0.39, 0.29) is 10.8 Å². The molecule has 3 atom stereocenters. The first-order valence-corrected chi connectivity index (χ1v) is 6.30. The van der Waals surface area contributed by atoms with Crippen LogP contribution in [0.3, 0.4) is 0 Å². The highest BCUT2D eigenvalue weighted by Crippen LogP contribution is 2.27. The molecule has 0 aromatic carbocycles. The lowest BCUT2D eigenvalue weighted by molar-refractivity contribution is -1.11. The highest BCUT2D eigenvalue weighted by atomic mass is 16.6. The van der Waals surface area contributed by atoms with Crippen molar-refractivity contribution in [3.8, 4) is 0 Å². The van der Waals surface area contributed by atoms with E-state index in [9.17, 15) is 10.3 Å². The minimum atomic E-state index is -1.08. The van der Waals surface area contributed by atoms with Gasteiger partial charge >= 0.3 is 0 Å². The molecule has 2 N–H and O–H groups in total. The van der Waals surface area contributed by atoms with E-state index in [2.05, 4.69) is 6.92 Å². The van der Waals surface area contributed by atoms with Crippen molar-refractivity contribution in [1.29, 1.82) is 0 Å². The molecule has 1 rings (SSSR count). The highest BCUT2D eigenvalue weighted by Gasteiger charge is 2.41. The lowest BCUT2D eigenvalue weighted by atomic mass is 10.1. The molecule has 17 heavy (non-hydrogen) atoms. The van der Waals surface area contributed by atoms with Crippen LogP contribution in [0.2, 0.25) is 0 Å². The van der Waals surface area contributed by atoms with Crippen LogP contribution in [0, 0.1) is 0 Å². The van der Waals surface area contributed by atoms with Crippen LogP contribution < -0.4 is 5.11 Å². The minimum absolute atomic E-state index is 0.103. The Hall–Kier alpha value is -0.650. The molecule has 0 aromatic heterocycles. The van der Waals surface area contributed by atoms with Gasteiger partial charge < -0.3 is 15.0 Å². The molecule has 0 saturated carbocycles. The predicted octanol–water partition coefficient (Wildman–Crippen LogP) is 0.292. The number of hydroxylamine groups is 3. The third kappa shape index (κ3) is 6.00. The van der Waals surface area contributed by atoms with Crippen LogP contribution in [0.15, 0.2) is 0 Å². The van der Waals surface area contributed by atoms with Crippen LogP contribution in [0.5, 0.6) is 0 Å². The quantitative estimate of drug-likeness (QED) is 0.700.